The second-order valence-corrected chi connectivity index (χ2v) is 7.02. The van der Waals surface area contributed by atoms with Gasteiger partial charge in [0.2, 0.25) is 0 Å². The van der Waals surface area contributed by atoms with Gasteiger partial charge in [-0.05, 0) is 50.6 Å². The third kappa shape index (κ3) is 4.44. The van der Waals surface area contributed by atoms with Crippen LogP contribution in [-0.2, 0) is 4.74 Å². The van der Waals surface area contributed by atoms with Gasteiger partial charge in [-0.25, -0.2) is 0 Å². The summed E-state index contributed by atoms with van der Waals surface area (Å²) in [4.78, 5) is 2.73. The average Bonchev–Trinajstić information content (AvgIpc) is 2.87. The lowest BCUT2D eigenvalue weighted by Gasteiger charge is -2.41. The quantitative estimate of drug-likeness (QED) is 0.777. The van der Waals surface area contributed by atoms with Crippen LogP contribution in [0, 0.1) is 11.8 Å². The van der Waals surface area contributed by atoms with Crippen LogP contribution in [0.25, 0.3) is 0 Å². The molecular formula is C17H34N2O. The van der Waals surface area contributed by atoms with Gasteiger partial charge in [0.25, 0.3) is 0 Å². The normalized spacial score (nSPS) is 32.1. The predicted molar refractivity (Wildman–Crippen MR) is 85.1 cm³/mol. The zero-order chi connectivity index (χ0) is 14.4. The van der Waals surface area contributed by atoms with E-state index in [4.69, 9.17) is 4.74 Å². The van der Waals surface area contributed by atoms with E-state index in [1.165, 1.54) is 45.2 Å². The summed E-state index contributed by atoms with van der Waals surface area (Å²) in [7, 11) is 0. The molecule has 2 aliphatic heterocycles. The Bertz CT molecular complexity index is 270. The molecule has 2 heterocycles. The largest absolute Gasteiger partial charge is 0.378 e. The van der Waals surface area contributed by atoms with Crippen molar-refractivity contribution in [1.82, 2.24) is 10.2 Å². The van der Waals surface area contributed by atoms with Crippen molar-refractivity contribution < 1.29 is 4.74 Å². The Morgan fingerprint density at radius 2 is 2.20 bits per heavy atom. The first-order chi connectivity index (χ1) is 9.72. The molecule has 20 heavy (non-hydrogen) atoms. The van der Waals surface area contributed by atoms with Crippen molar-refractivity contribution in [1.29, 1.82) is 0 Å². The highest BCUT2D eigenvalue weighted by Crippen LogP contribution is 2.28. The molecule has 0 aromatic carbocycles. The first-order valence-electron chi connectivity index (χ1n) is 8.77. The predicted octanol–water partition coefficient (Wildman–Crippen LogP) is 2.90. The molecular weight excluding hydrogens is 248 g/mol. The smallest absolute Gasteiger partial charge is 0.0625 e. The van der Waals surface area contributed by atoms with Gasteiger partial charge in [-0.2, -0.15) is 0 Å². The van der Waals surface area contributed by atoms with Crippen LogP contribution in [0.1, 0.15) is 52.9 Å². The summed E-state index contributed by atoms with van der Waals surface area (Å²) in [6.45, 7) is 12.4. The van der Waals surface area contributed by atoms with Crippen LogP contribution in [0.2, 0.25) is 0 Å². The zero-order valence-corrected chi connectivity index (χ0v) is 13.7. The summed E-state index contributed by atoms with van der Waals surface area (Å²) in [6.07, 6.45) is 6.63. The molecule has 2 unspecified atom stereocenters. The minimum Gasteiger partial charge on any atom is -0.378 e. The Balaban J connectivity index is 1.88. The highest BCUT2D eigenvalue weighted by Gasteiger charge is 2.37. The molecule has 2 fully saturated rings. The molecule has 2 rings (SSSR count). The van der Waals surface area contributed by atoms with Crippen molar-refractivity contribution in [3.05, 3.63) is 0 Å². The molecule has 0 aliphatic carbocycles. The van der Waals surface area contributed by atoms with Crippen LogP contribution in [0.3, 0.4) is 0 Å². The van der Waals surface area contributed by atoms with Gasteiger partial charge in [0.1, 0.15) is 0 Å². The first kappa shape index (κ1) is 16.3. The average molecular weight is 282 g/mol. The zero-order valence-electron chi connectivity index (χ0n) is 13.7. The maximum atomic E-state index is 5.81. The second-order valence-electron chi connectivity index (χ2n) is 7.02. The van der Waals surface area contributed by atoms with Crippen LogP contribution in [-0.4, -0.2) is 49.8 Å². The van der Waals surface area contributed by atoms with E-state index in [1.54, 1.807) is 0 Å². The second kappa shape index (κ2) is 8.35. The van der Waals surface area contributed by atoms with Crippen LogP contribution >= 0.6 is 0 Å². The lowest BCUT2D eigenvalue weighted by Crippen LogP contribution is -2.52. The molecule has 0 spiro atoms. The van der Waals surface area contributed by atoms with Crippen molar-refractivity contribution in [2.45, 2.75) is 65.0 Å². The van der Waals surface area contributed by atoms with Gasteiger partial charge in [0, 0.05) is 18.6 Å². The van der Waals surface area contributed by atoms with E-state index in [-0.39, 0.29) is 0 Å². The summed E-state index contributed by atoms with van der Waals surface area (Å²) >= 11 is 0. The Hall–Kier alpha value is -0.120. The third-order valence-electron chi connectivity index (χ3n) is 5.00. The summed E-state index contributed by atoms with van der Waals surface area (Å²) in [5, 5.41) is 3.72. The van der Waals surface area contributed by atoms with E-state index in [0.29, 0.717) is 6.04 Å². The van der Waals surface area contributed by atoms with Gasteiger partial charge < -0.3 is 10.1 Å². The molecule has 2 saturated heterocycles. The number of hydrogen-bond acceptors (Lipinski definition) is 3. The van der Waals surface area contributed by atoms with Crippen molar-refractivity contribution in [2.24, 2.45) is 11.8 Å². The highest BCUT2D eigenvalue weighted by molar-refractivity contribution is 4.93. The lowest BCUT2D eigenvalue weighted by molar-refractivity contribution is -0.0333. The maximum Gasteiger partial charge on any atom is 0.0625 e. The first-order valence-corrected chi connectivity index (χ1v) is 8.77. The van der Waals surface area contributed by atoms with Crippen LogP contribution in [0.15, 0.2) is 0 Å². The van der Waals surface area contributed by atoms with Gasteiger partial charge in [0.05, 0.1) is 13.2 Å². The number of morpholine rings is 1. The van der Waals surface area contributed by atoms with Crippen LogP contribution in [0.4, 0.5) is 0 Å². The Morgan fingerprint density at radius 1 is 1.35 bits per heavy atom. The van der Waals surface area contributed by atoms with Gasteiger partial charge in [-0.3, -0.25) is 4.90 Å². The minimum absolute atomic E-state index is 0.655. The van der Waals surface area contributed by atoms with Gasteiger partial charge in [-0.15, -0.1) is 0 Å². The van der Waals surface area contributed by atoms with Gasteiger partial charge in [-0.1, -0.05) is 27.2 Å². The SMILES string of the molecule is CCC[C@H]1NCCC1C1COCCN1CCCC(C)C. The Kier molecular flexibility index (Phi) is 6.79. The number of ether oxygens (including phenoxy) is 1. The molecule has 3 nitrogen and oxygen atoms in total. The van der Waals surface area contributed by atoms with Crippen LogP contribution < -0.4 is 5.32 Å². The third-order valence-corrected chi connectivity index (χ3v) is 5.00. The van der Waals surface area contributed by atoms with E-state index < -0.39 is 0 Å². The molecule has 1 N–H and O–H groups in total. The molecule has 3 atom stereocenters. The number of hydrogen-bond donors (Lipinski definition) is 1. The molecule has 3 heteroatoms. The number of nitrogens with zero attached hydrogens (tertiary/aromatic N) is 1. The monoisotopic (exact) mass is 282 g/mol. The summed E-state index contributed by atoms with van der Waals surface area (Å²) < 4.78 is 5.81. The lowest BCUT2D eigenvalue weighted by atomic mass is 9.88. The fourth-order valence-electron chi connectivity index (χ4n) is 3.91. The van der Waals surface area contributed by atoms with E-state index in [9.17, 15) is 0 Å². The molecule has 118 valence electrons. The van der Waals surface area contributed by atoms with E-state index in [1.807, 2.05) is 0 Å². The Morgan fingerprint density at radius 3 is 2.95 bits per heavy atom. The van der Waals surface area contributed by atoms with Gasteiger partial charge >= 0.3 is 0 Å². The van der Waals surface area contributed by atoms with Crippen LogP contribution in [0.5, 0.6) is 0 Å². The molecule has 0 saturated carbocycles. The molecule has 0 aromatic rings. The maximum absolute atomic E-state index is 5.81. The van der Waals surface area contributed by atoms with Gasteiger partial charge in [0.15, 0.2) is 0 Å². The highest BCUT2D eigenvalue weighted by atomic mass is 16.5. The molecule has 2 aliphatic rings. The molecule has 0 amide bonds. The summed E-state index contributed by atoms with van der Waals surface area (Å²) in [5.74, 6) is 1.63. The Labute approximate surface area is 125 Å². The molecule has 0 aromatic heterocycles. The summed E-state index contributed by atoms with van der Waals surface area (Å²) in [6, 6.07) is 1.38. The number of nitrogens with one attached hydrogen (secondary N) is 1. The number of rotatable bonds is 7. The van der Waals surface area contributed by atoms with E-state index >= 15 is 0 Å². The van der Waals surface area contributed by atoms with Crippen molar-refractivity contribution in [3.63, 3.8) is 0 Å². The van der Waals surface area contributed by atoms with E-state index in [2.05, 4.69) is 31.0 Å². The topological polar surface area (TPSA) is 24.5 Å². The molecule has 0 radical (unpaired) electrons. The van der Waals surface area contributed by atoms with Crippen molar-refractivity contribution >= 4 is 0 Å². The fourth-order valence-corrected chi connectivity index (χ4v) is 3.91. The van der Waals surface area contributed by atoms with Crippen molar-refractivity contribution in [2.75, 3.05) is 32.8 Å². The molecule has 0 bridgehead atoms. The van der Waals surface area contributed by atoms with Crippen molar-refractivity contribution in [3.8, 4) is 0 Å². The fraction of sp³-hybridized carbons (Fsp3) is 1.00. The van der Waals surface area contributed by atoms with E-state index in [0.717, 1.165) is 37.6 Å². The summed E-state index contributed by atoms with van der Waals surface area (Å²) in [5.41, 5.74) is 0. The standard InChI is InChI=1S/C17H34N2O/c1-4-6-16-15(8-9-18-16)17-13-20-12-11-19(17)10-5-7-14(2)3/h14-18H,4-13H2,1-3H3/t15?,16-,17?/m1/s1. The minimum atomic E-state index is 0.655.